The molecule has 22 heavy (non-hydrogen) atoms. The molecule has 0 aliphatic heterocycles. The molecule has 9 heteroatoms. The van der Waals surface area contributed by atoms with Gasteiger partial charge in [-0.1, -0.05) is 0 Å². The molecule has 1 N–H and O–H groups in total. The minimum Gasteiger partial charge on any atom is -0.469 e. The Labute approximate surface area is 130 Å². The molecule has 0 bridgehead atoms. The van der Waals surface area contributed by atoms with Crippen molar-refractivity contribution < 1.29 is 14.3 Å². The van der Waals surface area contributed by atoms with Gasteiger partial charge in [0.25, 0.3) is 5.91 Å². The first kappa shape index (κ1) is 14.6. The maximum Gasteiger partial charge on any atom is 0.307 e. The number of hydrogen-bond donors (Lipinski definition) is 1. The molecule has 0 unspecified atom stereocenters. The van der Waals surface area contributed by atoms with Gasteiger partial charge in [0.05, 0.1) is 19.1 Å². The quantitative estimate of drug-likeness (QED) is 0.805. The molecule has 0 aromatic carbocycles. The van der Waals surface area contributed by atoms with Crippen molar-refractivity contribution in [1.29, 1.82) is 0 Å². The normalized spacial score (nSPS) is 13.0. The number of fused-ring (bicyclic) bond motifs is 1. The van der Waals surface area contributed by atoms with E-state index in [1.807, 2.05) is 0 Å². The van der Waals surface area contributed by atoms with Crippen LogP contribution in [0.5, 0.6) is 0 Å². The Balaban J connectivity index is 1.83. The van der Waals surface area contributed by atoms with Gasteiger partial charge in [-0.2, -0.15) is 4.68 Å². The molecule has 0 atom stereocenters. The number of methoxy groups -OCH3 is 1. The highest BCUT2D eigenvalue weighted by molar-refractivity contribution is 7.15. The van der Waals surface area contributed by atoms with Crippen molar-refractivity contribution in [2.75, 3.05) is 13.7 Å². The highest BCUT2D eigenvalue weighted by Crippen LogP contribution is 2.37. The van der Waals surface area contributed by atoms with E-state index in [9.17, 15) is 9.59 Å². The number of esters is 1. The fourth-order valence-electron chi connectivity index (χ4n) is 2.51. The number of nitrogens with zero attached hydrogens (tertiary/aromatic N) is 4. The Morgan fingerprint density at radius 2 is 2.32 bits per heavy atom. The van der Waals surface area contributed by atoms with Crippen molar-refractivity contribution in [3.63, 3.8) is 0 Å². The summed E-state index contributed by atoms with van der Waals surface area (Å²) >= 11 is 1.55. The smallest absolute Gasteiger partial charge is 0.307 e. The van der Waals surface area contributed by atoms with Crippen LogP contribution in [-0.2, 0) is 22.4 Å². The summed E-state index contributed by atoms with van der Waals surface area (Å²) in [6, 6.07) is 0. The zero-order valence-electron chi connectivity index (χ0n) is 12.0. The van der Waals surface area contributed by atoms with Gasteiger partial charge in [-0.3, -0.25) is 9.59 Å². The summed E-state index contributed by atoms with van der Waals surface area (Å²) in [5.41, 5.74) is 1.70. The average molecular weight is 321 g/mol. The van der Waals surface area contributed by atoms with Crippen LogP contribution in [0.2, 0.25) is 0 Å². The summed E-state index contributed by atoms with van der Waals surface area (Å²) in [5, 5.41) is 14.6. The van der Waals surface area contributed by atoms with Gasteiger partial charge in [-0.25, -0.2) is 0 Å². The topological polar surface area (TPSA) is 99.0 Å². The maximum absolute atomic E-state index is 12.5. The number of tetrazole rings is 1. The number of aromatic nitrogens is 4. The van der Waals surface area contributed by atoms with Gasteiger partial charge in [0.1, 0.15) is 11.3 Å². The molecule has 0 spiro atoms. The van der Waals surface area contributed by atoms with E-state index in [0.29, 0.717) is 5.56 Å². The fraction of sp³-hybridized carbons (Fsp3) is 0.462. The van der Waals surface area contributed by atoms with Crippen molar-refractivity contribution in [2.45, 2.75) is 25.7 Å². The molecule has 0 radical (unpaired) electrons. The molecular formula is C13H15N5O3S. The molecule has 1 aliphatic rings. The van der Waals surface area contributed by atoms with E-state index in [0.717, 1.165) is 29.8 Å². The molecule has 1 amide bonds. The second-order valence-electron chi connectivity index (χ2n) is 4.87. The summed E-state index contributed by atoms with van der Waals surface area (Å²) in [6.07, 6.45) is 4.54. The Morgan fingerprint density at radius 1 is 1.45 bits per heavy atom. The summed E-state index contributed by atoms with van der Waals surface area (Å²) in [4.78, 5) is 24.8. The van der Waals surface area contributed by atoms with Crippen LogP contribution < -0.4 is 5.32 Å². The Bertz CT molecular complexity index is 695. The molecule has 8 nitrogen and oxygen atoms in total. The molecule has 2 heterocycles. The van der Waals surface area contributed by atoms with Crippen LogP contribution in [0.15, 0.2) is 6.33 Å². The van der Waals surface area contributed by atoms with Crippen LogP contribution in [0.3, 0.4) is 0 Å². The third kappa shape index (κ3) is 2.71. The van der Waals surface area contributed by atoms with E-state index < -0.39 is 0 Å². The standard InChI is InChI=1S/C13H15N5O3S/c1-21-10(19)5-6-14-12(20)11-8-3-2-4-9(8)22-13(11)18-7-15-16-17-18/h7H,2-6H2,1H3,(H,14,20). The number of carbonyl (C=O) groups excluding carboxylic acids is 2. The number of rotatable bonds is 5. The monoisotopic (exact) mass is 321 g/mol. The van der Waals surface area contributed by atoms with E-state index in [1.54, 1.807) is 11.3 Å². The molecule has 2 aromatic heterocycles. The van der Waals surface area contributed by atoms with Gasteiger partial charge in [-0.05, 0) is 35.3 Å². The van der Waals surface area contributed by atoms with Crippen molar-refractivity contribution in [3.05, 3.63) is 22.3 Å². The largest absolute Gasteiger partial charge is 0.469 e. The van der Waals surface area contributed by atoms with Gasteiger partial charge in [0.15, 0.2) is 0 Å². The zero-order chi connectivity index (χ0) is 15.5. The first-order valence-corrected chi connectivity index (χ1v) is 7.75. The predicted molar refractivity (Wildman–Crippen MR) is 78.0 cm³/mol. The fourth-order valence-corrected chi connectivity index (χ4v) is 3.81. The first-order chi connectivity index (χ1) is 10.7. The number of nitrogens with one attached hydrogen (secondary N) is 1. The second-order valence-corrected chi connectivity index (χ2v) is 5.96. The number of amides is 1. The molecule has 2 aromatic rings. The van der Waals surface area contributed by atoms with E-state index in [2.05, 4.69) is 25.6 Å². The van der Waals surface area contributed by atoms with Gasteiger partial charge < -0.3 is 10.1 Å². The van der Waals surface area contributed by atoms with Gasteiger partial charge in [0.2, 0.25) is 0 Å². The molecular weight excluding hydrogens is 306 g/mol. The highest BCUT2D eigenvalue weighted by atomic mass is 32.1. The maximum atomic E-state index is 12.5. The van der Waals surface area contributed by atoms with Crippen molar-refractivity contribution >= 4 is 23.2 Å². The van der Waals surface area contributed by atoms with Crippen LogP contribution in [0.4, 0.5) is 0 Å². The third-order valence-corrected chi connectivity index (χ3v) is 4.81. The summed E-state index contributed by atoms with van der Waals surface area (Å²) < 4.78 is 6.07. The SMILES string of the molecule is COC(=O)CCNC(=O)c1c(-n2cnnn2)sc2c1CCC2. The Kier molecular flexibility index (Phi) is 4.14. The molecule has 1 aliphatic carbocycles. The molecule has 0 fully saturated rings. The van der Waals surface area contributed by atoms with Gasteiger partial charge >= 0.3 is 5.97 Å². The Morgan fingerprint density at radius 3 is 3.05 bits per heavy atom. The molecule has 116 valence electrons. The third-order valence-electron chi connectivity index (χ3n) is 3.53. The van der Waals surface area contributed by atoms with Crippen molar-refractivity contribution in [2.24, 2.45) is 0 Å². The van der Waals surface area contributed by atoms with Gasteiger partial charge in [0, 0.05) is 11.4 Å². The van der Waals surface area contributed by atoms with E-state index in [1.165, 1.54) is 23.0 Å². The Hall–Kier alpha value is -2.29. The highest BCUT2D eigenvalue weighted by Gasteiger charge is 2.27. The molecule has 0 saturated carbocycles. The minimum absolute atomic E-state index is 0.148. The number of aryl methyl sites for hydroxylation is 1. The summed E-state index contributed by atoms with van der Waals surface area (Å²) in [7, 11) is 1.33. The number of thiophene rings is 1. The van der Waals surface area contributed by atoms with Crippen LogP contribution in [-0.4, -0.2) is 45.7 Å². The van der Waals surface area contributed by atoms with Crippen LogP contribution in [0.25, 0.3) is 5.00 Å². The first-order valence-electron chi connectivity index (χ1n) is 6.93. The number of carbonyl (C=O) groups is 2. The average Bonchev–Trinajstić information content (AvgIpc) is 3.21. The number of ether oxygens (including phenoxy) is 1. The lowest BCUT2D eigenvalue weighted by Gasteiger charge is -2.07. The molecule has 3 rings (SSSR count). The molecule has 0 saturated heterocycles. The van der Waals surface area contributed by atoms with Crippen molar-refractivity contribution in [3.8, 4) is 5.00 Å². The van der Waals surface area contributed by atoms with Crippen LogP contribution in [0.1, 0.15) is 33.6 Å². The van der Waals surface area contributed by atoms with Gasteiger partial charge in [-0.15, -0.1) is 16.4 Å². The van der Waals surface area contributed by atoms with Crippen LogP contribution >= 0.6 is 11.3 Å². The lowest BCUT2D eigenvalue weighted by atomic mass is 10.1. The zero-order valence-corrected chi connectivity index (χ0v) is 12.9. The van der Waals surface area contributed by atoms with E-state index >= 15 is 0 Å². The minimum atomic E-state index is -0.350. The lowest BCUT2D eigenvalue weighted by Crippen LogP contribution is -2.27. The van der Waals surface area contributed by atoms with Crippen LogP contribution in [0, 0.1) is 0 Å². The van der Waals surface area contributed by atoms with Crippen molar-refractivity contribution in [1.82, 2.24) is 25.5 Å². The summed E-state index contributed by atoms with van der Waals surface area (Å²) in [5.74, 6) is -0.551. The summed E-state index contributed by atoms with van der Waals surface area (Å²) in [6.45, 7) is 0.241. The van der Waals surface area contributed by atoms with E-state index in [-0.39, 0.29) is 24.8 Å². The second kappa shape index (κ2) is 6.22. The predicted octanol–water partition coefficient (Wildman–Crippen LogP) is 0.505. The lowest BCUT2D eigenvalue weighted by molar-refractivity contribution is -0.140. The van der Waals surface area contributed by atoms with E-state index in [4.69, 9.17) is 0 Å². The number of hydrogen-bond acceptors (Lipinski definition) is 7.